The summed E-state index contributed by atoms with van der Waals surface area (Å²) in [5.74, 6) is 0. The molecule has 0 atom stereocenters. The number of hydrogen-bond donors (Lipinski definition) is 2. The lowest BCUT2D eigenvalue weighted by molar-refractivity contribution is 0.921. The number of benzene rings is 2. The summed E-state index contributed by atoms with van der Waals surface area (Å²) in [4.78, 5) is 0. The van der Waals surface area contributed by atoms with Crippen molar-refractivity contribution in [1.82, 2.24) is 5.32 Å². The molecule has 0 aliphatic heterocycles. The molecule has 24 heavy (non-hydrogen) atoms. The predicted molar refractivity (Wildman–Crippen MR) is 106 cm³/mol. The lowest BCUT2D eigenvalue weighted by Gasteiger charge is -2.18. The van der Waals surface area contributed by atoms with Crippen LogP contribution in [-0.2, 0) is 6.42 Å². The molecule has 2 rings (SSSR count). The van der Waals surface area contributed by atoms with Crippen LogP contribution in [0.5, 0.6) is 0 Å². The average molecular weight is 320 g/mol. The minimum Gasteiger partial charge on any atom is -0.391 e. The first kappa shape index (κ1) is 17.9. The van der Waals surface area contributed by atoms with Gasteiger partial charge < -0.3 is 10.6 Å². The number of allylic oxidation sites excluding steroid dienone is 3. The maximum atomic E-state index is 3.41. The highest BCUT2D eigenvalue weighted by Crippen LogP contribution is 2.31. The zero-order valence-corrected chi connectivity index (χ0v) is 15.2. The predicted octanol–water partition coefficient (Wildman–Crippen LogP) is 5.15. The van der Waals surface area contributed by atoms with Gasteiger partial charge in [0.1, 0.15) is 0 Å². The van der Waals surface area contributed by atoms with Crippen molar-refractivity contribution in [3.63, 3.8) is 0 Å². The number of aryl methyl sites for hydroxylation is 1. The molecule has 0 amide bonds. The third kappa shape index (κ3) is 4.29. The monoisotopic (exact) mass is 320 g/mol. The minimum atomic E-state index is 0.912. The Morgan fingerprint density at radius 2 is 1.83 bits per heavy atom. The van der Waals surface area contributed by atoms with Crippen LogP contribution in [0.25, 0.3) is 5.57 Å². The quantitative estimate of drug-likeness (QED) is 0.689. The molecule has 0 aliphatic carbocycles. The Morgan fingerprint density at radius 1 is 1.08 bits per heavy atom. The number of anilines is 1. The van der Waals surface area contributed by atoms with E-state index in [2.05, 4.69) is 92.2 Å². The molecule has 0 spiro atoms. The van der Waals surface area contributed by atoms with Crippen LogP contribution in [-0.4, -0.2) is 13.6 Å². The van der Waals surface area contributed by atoms with Gasteiger partial charge in [-0.25, -0.2) is 0 Å². The molecule has 2 nitrogen and oxygen atoms in total. The smallest absolute Gasteiger partial charge is 0.0409 e. The Morgan fingerprint density at radius 3 is 2.46 bits per heavy atom. The molecule has 0 saturated carbocycles. The number of hydrogen-bond acceptors (Lipinski definition) is 2. The van der Waals surface area contributed by atoms with Crippen molar-refractivity contribution in [2.75, 3.05) is 18.9 Å². The molecule has 0 unspecified atom stereocenters. The summed E-state index contributed by atoms with van der Waals surface area (Å²) in [6.45, 7) is 7.25. The van der Waals surface area contributed by atoms with Crippen LogP contribution < -0.4 is 10.6 Å². The van der Waals surface area contributed by atoms with Crippen molar-refractivity contribution in [1.29, 1.82) is 0 Å². The van der Waals surface area contributed by atoms with Crippen molar-refractivity contribution in [2.45, 2.75) is 27.2 Å². The van der Waals surface area contributed by atoms with E-state index in [1.807, 2.05) is 7.05 Å². The molecule has 0 aliphatic rings. The molecule has 0 saturated heterocycles. The van der Waals surface area contributed by atoms with E-state index in [1.165, 1.54) is 33.5 Å². The van der Waals surface area contributed by atoms with E-state index in [9.17, 15) is 0 Å². The van der Waals surface area contributed by atoms with Crippen molar-refractivity contribution >= 4 is 11.3 Å². The second-order valence-corrected chi connectivity index (χ2v) is 5.85. The van der Waals surface area contributed by atoms with Gasteiger partial charge in [0.15, 0.2) is 0 Å². The van der Waals surface area contributed by atoms with Crippen LogP contribution >= 0.6 is 0 Å². The summed E-state index contributed by atoms with van der Waals surface area (Å²) < 4.78 is 0. The summed E-state index contributed by atoms with van der Waals surface area (Å²) in [6.07, 6.45) is 7.28. The Bertz CT molecular complexity index is 712. The third-order valence-electron chi connectivity index (χ3n) is 4.11. The SMILES string of the molecule is C/C=C\C(=C/NCC)c1ccc(C)c(NC)c1Cc1ccccc1. The van der Waals surface area contributed by atoms with Crippen molar-refractivity contribution < 1.29 is 0 Å². The van der Waals surface area contributed by atoms with E-state index in [0.29, 0.717) is 0 Å². The van der Waals surface area contributed by atoms with Gasteiger partial charge in [0.05, 0.1) is 0 Å². The van der Waals surface area contributed by atoms with E-state index >= 15 is 0 Å². The fraction of sp³-hybridized carbons (Fsp3) is 0.273. The first-order chi connectivity index (χ1) is 11.7. The van der Waals surface area contributed by atoms with Gasteiger partial charge in [-0.3, -0.25) is 0 Å². The summed E-state index contributed by atoms with van der Waals surface area (Å²) >= 11 is 0. The second kappa shape index (κ2) is 8.97. The van der Waals surface area contributed by atoms with Gasteiger partial charge in [0, 0.05) is 31.9 Å². The first-order valence-corrected chi connectivity index (χ1v) is 8.62. The molecule has 2 aromatic carbocycles. The third-order valence-corrected chi connectivity index (χ3v) is 4.11. The maximum Gasteiger partial charge on any atom is 0.0409 e. The van der Waals surface area contributed by atoms with Crippen LogP contribution in [0.3, 0.4) is 0 Å². The fourth-order valence-corrected chi connectivity index (χ4v) is 2.97. The molecule has 0 radical (unpaired) electrons. The molecule has 2 N–H and O–H groups in total. The van der Waals surface area contributed by atoms with Crippen molar-refractivity contribution in [3.8, 4) is 0 Å². The van der Waals surface area contributed by atoms with Crippen LogP contribution in [0.4, 0.5) is 5.69 Å². The van der Waals surface area contributed by atoms with E-state index < -0.39 is 0 Å². The highest BCUT2D eigenvalue weighted by atomic mass is 14.8. The first-order valence-electron chi connectivity index (χ1n) is 8.62. The Balaban J connectivity index is 2.58. The van der Waals surface area contributed by atoms with Gasteiger partial charge >= 0.3 is 0 Å². The highest BCUT2D eigenvalue weighted by Gasteiger charge is 2.13. The van der Waals surface area contributed by atoms with Gasteiger partial charge in [0.2, 0.25) is 0 Å². The van der Waals surface area contributed by atoms with Crippen LogP contribution in [0.2, 0.25) is 0 Å². The second-order valence-electron chi connectivity index (χ2n) is 5.85. The summed E-state index contributed by atoms with van der Waals surface area (Å²) in [5, 5.41) is 6.75. The number of rotatable bonds is 7. The normalized spacial score (nSPS) is 11.8. The molecule has 0 aromatic heterocycles. The molecule has 0 bridgehead atoms. The Hall–Kier alpha value is -2.48. The largest absolute Gasteiger partial charge is 0.391 e. The lowest BCUT2D eigenvalue weighted by Crippen LogP contribution is -2.07. The van der Waals surface area contributed by atoms with E-state index in [1.54, 1.807) is 0 Å². The van der Waals surface area contributed by atoms with Crippen LogP contribution in [0.15, 0.2) is 60.8 Å². The van der Waals surface area contributed by atoms with Crippen LogP contribution in [0, 0.1) is 6.92 Å². The van der Waals surface area contributed by atoms with Crippen LogP contribution in [0.1, 0.15) is 36.1 Å². The van der Waals surface area contributed by atoms with E-state index in [4.69, 9.17) is 0 Å². The lowest BCUT2D eigenvalue weighted by atomic mass is 9.91. The zero-order chi connectivity index (χ0) is 17.4. The molecule has 2 heteroatoms. The van der Waals surface area contributed by atoms with Gasteiger partial charge in [-0.2, -0.15) is 0 Å². The molecule has 2 aromatic rings. The summed E-state index contributed by atoms with van der Waals surface area (Å²) in [5.41, 5.74) is 7.64. The van der Waals surface area contributed by atoms with E-state index in [0.717, 1.165) is 13.0 Å². The van der Waals surface area contributed by atoms with Gasteiger partial charge in [-0.05, 0) is 48.6 Å². The molecule has 126 valence electrons. The molecule has 0 fully saturated rings. The zero-order valence-electron chi connectivity index (χ0n) is 15.2. The van der Waals surface area contributed by atoms with Crippen molar-refractivity contribution in [3.05, 3.63) is 83.1 Å². The standard InChI is InChI=1S/C22H28N2/c1-5-10-19(16-24-6-2)20-14-13-17(3)22(23-4)21(20)15-18-11-8-7-9-12-18/h5,7-14,16,23-24H,6,15H2,1-4H3/b10-5-,19-16+. The molecule has 0 heterocycles. The fourth-order valence-electron chi connectivity index (χ4n) is 2.97. The summed E-state index contributed by atoms with van der Waals surface area (Å²) in [7, 11) is 2.00. The number of nitrogens with one attached hydrogen (secondary N) is 2. The Kier molecular flexibility index (Phi) is 6.68. The Labute approximate surface area is 146 Å². The van der Waals surface area contributed by atoms with Gasteiger partial charge in [-0.15, -0.1) is 0 Å². The maximum absolute atomic E-state index is 3.41. The van der Waals surface area contributed by atoms with E-state index in [-0.39, 0.29) is 0 Å². The highest BCUT2D eigenvalue weighted by molar-refractivity contribution is 5.80. The van der Waals surface area contributed by atoms with Gasteiger partial charge in [0.25, 0.3) is 0 Å². The van der Waals surface area contributed by atoms with Crippen molar-refractivity contribution in [2.24, 2.45) is 0 Å². The minimum absolute atomic E-state index is 0.912. The topological polar surface area (TPSA) is 24.1 Å². The molecular weight excluding hydrogens is 292 g/mol. The summed E-state index contributed by atoms with van der Waals surface area (Å²) in [6, 6.07) is 15.1. The average Bonchev–Trinajstić information content (AvgIpc) is 2.60. The molecular formula is C22H28N2. The van der Waals surface area contributed by atoms with Gasteiger partial charge in [-0.1, -0.05) is 54.6 Å².